The van der Waals surface area contributed by atoms with Crippen molar-refractivity contribution in [1.29, 1.82) is 0 Å². The third-order valence-corrected chi connectivity index (χ3v) is 15.3. The molecule has 1 aliphatic rings. The van der Waals surface area contributed by atoms with E-state index in [1.54, 1.807) is 0 Å². The van der Waals surface area contributed by atoms with Crippen LogP contribution in [0.1, 0.15) is 25.0 Å². The highest BCUT2D eigenvalue weighted by molar-refractivity contribution is 6.11. The van der Waals surface area contributed by atoms with Gasteiger partial charge in [-0.2, -0.15) is 0 Å². The minimum Gasteiger partial charge on any atom is -0.310 e. The minimum atomic E-state index is -0.214. The molecule has 0 fully saturated rings. The first-order valence-electron chi connectivity index (χ1n) is 25.0. The molecular weight excluding hydrogens is 871 g/mol. The van der Waals surface area contributed by atoms with Crippen molar-refractivity contribution in [3.05, 3.63) is 272 Å². The molecule has 72 heavy (non-hydrogen) atoms. The van der Waals surface area contributed by atoms with E-state index in [2.05, 4.69) is 289 Å². The number of fused-ring (bicyclic) bond motifs is 9. The van der Waals surface area contributed by atoms with Crippen LogP contribution in [0.3, 0.4) is 0 Å². The molecule has 0 aliphatic heterocycles. The molecule has 0 atom stereocenters. The molecule has 13 aromatic rings. The van der Waals surface area contributed by atoms with Crippen molar-refractivity contribution < 1.29 is 0 Å². The number of hydrogen-bond donors (Lipinski definition) is 0. The van der Waals surface area contributed by atoms with Crippen LogP contribution in [0.5, 0.6) is 0 Å². The number of para-hydroxylation sites is 5. The molecule has 0 N–H and O–H groups in total. The largest absolute Gasteiger partial charge is 0.310 e. The number of rotatable bonds is 8. The second-order valence-electron chi connectivity index (χ2n) is 19.8. The number of hydrogen-bond acceptors (Lipinski definition) is 1. The Morgan fingerprint density at radius 3 is 1.33 bits per heavy atom. The monoisotopic (exact) mass is 919 g/mol. The Hall–Kier alpha value is -9.18. The van der Waals surface area contributed by atoms with E-state index in [4.69, 9.17) is 0 Å². The summed E-state index contributed by atoms with van der Waals surface area (Å²) >= 11 is 0. The van der Waals surface area contributed by atoms with Gasteiger partial charge in [-0.25, -0.2) is 0 Å². The number of benzene rings is 11. The summed E-state index contributed by atoms with van der Waals surface area (Å²) in [5.74, 6) is 0. The van der Waals surface area contributed by atoms with Gasteiger partial charge >= 0.3 is 0 Å². The van der Waals surface area contributed by atoms with Gasteiger partial charge in [0.25, 0.3) is 0 Å². The molecule has 0 unspecified atom stereocenters. The van der Waals surface area contributed by atoms with Gasteiger partial charge in [0.05, 0.1) is 22.1 Å². The second kappa shape index (κ2) is 16.5. The Balaban J connectivity index is 0.771. The molecule has 3 heteroatoms. The zero-order valence-electron chi connectivity index (χ0n) is 40.2. The van der Waals surface area contributed by atoms with Crippen molar-refractivity contribution >= 4 is 60.7 Å². The second-order valence-corrected chi connectivity index (χ2v) is 19.8. The fourth-order valence-electron chi connectivity index (χ4n) is 11.7. The quantitative estimate of drug-likeness (QED) is 0.148. The molecule has 0 bridgehead atoms. The smallest absolute Gasteiger partial charge is 0.0547 e. The summed E-state index contributed by atoms with van der Waals surface area (Å²) in [5.41, 5.74) is 22.9. The van der Waals surface area contributed by atoms with Crippen molar-refractivity contribution in [2.24, 2.45) is 0 Å². The summed E-state index contributed by atoms with van der Waals surface area (Å²) in [5, 5.41) is 5.06. The van der Waals surface area contributed by atoms with Gasteiger partial charge in [0, 0.05) is 55.4 Å². The van der Waals surface area contributed by atoms with Gasteiger partial charge in [0.1, 0.15) is 0 Å². The topological polar surface area (TPSA) is 13.1 Å². The highest BCUT2D eigenvalue weighted by Crippen LogP contribution is 2.52. The van der Waals surface area contributed by atoms with E-state index in [-0.39, 0.29) is 5.41 Å². The summed E-state index contributed by atoms with van der Waals surface area (Å²) in [6.07, 6.45) is 0. The highest BCUT2D eigenvalue weighted by atomic mass is 15.1. The minimum absolute atomic E-state index is 0.214. The van der Waals surface area contributed by atoms with Crippen LogP contribution in [0.25, 0.3) is 99.5 Å². The van der Waals surface area contributed by atoms with Crippen molar-refractivity contribution in [2.75, 3.05) is 4.90 Å². The zero-order chi connectivity index (χ0) is 47.9. The van der Waals surface area contributed by atoms with Gasteiger partial charge in [-0.1, -0.05) is 178 Å². The standard InChI is InChI=1S/C69H49N3/c1-69(2)63-43-50(49-34-41-67-62(42-49)60-23-13-15-25-66(60)71(67)53-18-8-4-9-19-53)32-38-57(63)58-40-37-56(45-64(58)69)70(52-16-6-3-7-17-52)55-35-30-47(31-36-55)46-26-28-48(29-27-46)51-33-39-61-59-22-12-14-24-65(59)72(68(61)44-51)54-20-10-5-11-21-54/h3-45H,1-2H3. The molecule has 0 saturated heterocycles. The molecule has 0 spiro atoms. The van der Waals surface area contributed by atoms with E-state index in [0.717, 1.165) is 17.1 Å². The third-order valence-electron chi connectivity index (χ3n) is 15.3. The van der Waals surface area contributed by atoms with Crippen LogP contribution in [-0.4, -0.2) is 9.13 Å². The first-order chi connectivity index (χ1) is 35.5. The highest BCUT2D eigenvalue weighted by Gasteiger charge is 2.36. The predicted molar refractivity (Wildman–Crippen MR) is 304 cm³/mol. The molecule has 0 saturated carbocycles. The fraction of sp³-hybridized carbons (Fsp3) is 0.0435. The maximum absolute atomic E-state index is 2.44. The average molecular weight is 920 g/mol. The van der Waals surface area contributed by atoms with Crippen LogP contribution in [0.4, 0.5) is 17.1 Å². The molecule has 0 amide bonds. The number of nitrogens with zero attached hydrogens (tertiary/aromatic N) is 3. The van der Waals surface area contributed by atoms with Crippen LogP contribution in [0.15, 0.2) is 261 Å². The Kier molecular flexibility index (Phi) is 9.56. The predicted octanol–water partition coefficient (Wildman–Crippen LogP) is 18.7. The molecule has 1 aliphatic carbocycles. The van der Waals surface area contributed by atoms with Crippen LogP contribution in [0.2, 0.25) is 0 Å². The van der Waals surface area contributed by atoms with E-state index >= 15 is 0 Å². The third kappa shape index (κ3) is 6.66. The molecule has 14 rings (SSSR count). The van der Waals surface area contributed by atoms with E-state index in [1.165, 1.54) is 111 Å². The van der Waals surface area contributed by atoms with Gasteiger partial charge in [-0.15, -0.1) is 0 Å². The molecule has 3 nitrogen and oxygen atoms in total. The lowest BCUT2D eigenvalue weighted by Crippen LogP contribution is -2.16. The van der Waals surface area contributed by atoms with Gasteiger partial charge in [0.15, 0.2) is 0 Å². The Morgan fingerprint density at radius 1 is 0.278 bits per heavy atom. The van der Waals surface area contributed by atoms with E-state index in [9.17, 15) is 0 Å². The number of anilines is 3. The average Bonchev–Trinajstić information content (AvgIpc) is 4.04. The normalized spacial score (nSPS) is 12.7. The fourth-order valence-corrected chi connectivity index (χ4v) is 11.7. The van der Waals surface area contributed by atoms with E-state index < -0.39 is 0 Å². The number of aromatic nitrogens is 2. The Bertz CT molecular complexity index is 4200. The van der Waals surface area contributed by atoms with Gasteiger partial charge < -0.3 is 14.0 Å². The van der Waals surface area contributed by atoms with Crippen molar-refractivity contribution in [2.45, 2.75) is 19.3 Å². The molecule has 0 radical (unpaired) electrons. The van der Waals surface area contributed by atoms with Crippen LogP contribution < -0.4 is 4.90 Å². The summed E-state index contributed by atoms with van der Waals surface area (Å²) in [7, 11) is 0. The van der Waals surface area contributed by atoms with Crippen molar-refractivity contribution in [1.82, 2.24) is 9.13 Å². The molecular formula is C69H49N3. The molecule has 2 heterocycles. The molecule has 340 valence electrons. The van der Waals surface area contributed by atoms with Crippen molar-refractivity contribution in [3.63, 3.8) is 0 Å². The van der Waals surface area contributed by atoms with Gasteiger partial charge in [-0.05, 0) is 153 Å². The summed E-state index contributed by atoms with van der Waals surface area (Å²) < 4.78 is 4.77. The lowest BCUT2D eigenvalue weighted by molar-refractivity contribution is 0.660. The maximum Gasteiger partial charge on any atom is 0.0547 e. The van der Waals surface area contributed by atoms with Crippen LogP contribution >= 0.6 is 0 Å². The summed E-state index contributed by atoms with van der Waals surface area (Å²) in [4.78, 5) is 2.39. The van der Waals surface area contributed by atoms with Crippen molar-refractivity contribution in [3.8, 4) is 55.9 Å². The van der Waals surface area contributed by atoms with Crippen LogP contribution in [-0.2, 0) is 5.41 Å². The van der Waals surface area contributed by atoms with Gasteiger partial charge in [-0.3, -0.25) is 0 Å². The zero-order valence-corrected chi connectivity index (χ0v) is 40.2. The summed E-state index contributed by atoms with van der Waals surface area (Å²) in [6, 6.07) is 95.7. The van der Waals surface area contributed by atoms with E-state index in [1.807, 2.05) is 0 Å². The SMILES string of the molecule is CC1(C)c2cc(-c3ccc4c(c3)c3ccccc3n4-c3ccccc3)ccc2-c2ccc(N(c3ccccc3)c3ccc(-c4ccc(-c5ccc6c7ccccc7n(-c7ccccc7)c6c5)cc4)cc3)cc21. The lowest BCUT2D eigenvalue weighted by atomic mass is 9.81. The lowest BCUT2D eigenvalue weighted by Gasteiger charge is -2.28. The summed E-state index contributed by atoms with van der Waals surface area (Å²) in [6.45, 7) is 4.77. The maximum atomic E-state index is 2.44. The Morgan fingerprint density at radius 2 is 0.681 bits per heavy atom. The van der Waals surface area contributed by atoms with E-state index in [0.29, 0.717) is 0 Å². The van der Waals surface area contributed by atoms with Gasteiger partial charge in [0.2, 0.25) is 0 Å². The molecule has 2 aromatic heterocycles. The first kappa shape index (κ1) is 41.8. The molecule has 11 aromatic carbocycles. The van der Waals surface area contributed by atoms with Crippen LogP contribution in [0, 0.1) is 0 Å². The Labute approximate surface area is 419 Å². The first-order valence-corrected chi connectivity index (χ1v) is 25.0.